The summed E-state index contributed by atoms with van der Waals surface area (Å²) in [5.74, 6) is 1.64. The number of benzene rings is 2. The Labute approximate surface area is 189 Å². The Morgan fingerprint density at radius 3 is 2.09 bits per heavy atom. The van der Waals surface area contributed by atoms with Gasteiger partial charge in [-0.25, -0.2) is 0 Å². The smallest absolute Gasteiger partial charge is 0.277 e. The van der Waals surface area contributed by atoms with Crippen LogP contribution in [-0.2, 0) is 16.0 Å². The molecule has 0 saturated carbocycles. The highest BCUT2D eigenvalue weighted by atomic mass is 32.2. The van der Waals surface area contributed by atoms with E-state index in [-0.39, 0.29) is 11.3 Å². The van der Waals surface area contributed by atoms with Crippen LogP contribution in [-0.4, -0.2) is 26.3 Å². The molecule has 4 rings (SSSR count). The van der Waals surface area contributed by atoms with Crippen molar-refractivity contribution in [2.75, 3.05) is 5.32 Å². The molecule has 0 aliphatic rings. The van der Waals surface area contributed by atoms with Gasteiger partial charge < -0.3 is 14.2 Å². The van der Waals surface area contributed by atoms with Crippen LogP contribution in [0.4, 0.5) is 5.69 Å². The fourth-order valence-corrected chi connectivity index (χ4v) is 3.55. The summed E-state index contributed by atoms with van der Waals surface area (Å²) in [6, 6.07) is 15.3. The van der Waals surface area contributed by atoms with Crippen molar-refractivity contribution in [3.05, 3.63) is 60.0 Å². The minimum Gasteiger partial charge on any atom is -0.420 e. The van der Waals surface area contributed by atoms with Crippen LogP contribution in [0.25, 0.3) is 22.9 Å². The fraction of sp³-hybridized carbons (Fsp3) is 0.261. The lowest BCUT2D eigenvalue weighted by molar-refractivity contribution is -0.114. The molecule has 8 nitrogen and oxygen atoms in total. The van der Waals surface area contributed by atoms with E-state index in [1.807, 2.05) is 24.3 Å². The minimum absolute atomic E-state index is 0.0889. The molecule has 0 aliphatic carbocycles. The number of carbonyl (C=O) groups excluding carboxylic acids is 1. The Hall–Kier alpha value is -3.46. The number of anilines is 1. The highest BCUT2D eigenvalue weighted by Crippen LogP contribution is 2.28. The third-order valence-electron chi connectivity index (χ3n) is 4.64. The molecule has 32 heavy (non-hydrogen) atoms. The van der Waals surface area contributed by atoms with Crippen molar-refractivity contribution >= 4 is 23.4 Å². The number of rotatable bonds is 6. The molecule has 0 atom stereocenters. The predicted molar refractivity (Wildman–Crippen MR) is 122 cm³/mol. The monoisotopic (exact) mass is 449 g/mol. The lowest BCUT2D eigenvalue weighted by Crippen LogP contribution is -2.10. The second-order valence-electron chi connectivity index (χ2n) is 8.25. The molecule has 2 aromatic carbocycles. The normalized spacial score (nSPS) is 11.5. The van der Waals surface area contributed by atoms with Crippen LogP contribution in [0.2, 0.25) is 0 Å². The van der Waals surface area contributed by atoms with Crippen molar-refractivity contribution in [3.63, 3.8) is 0 Å². The third kappa shape index (κ3) is 5.23. The summed E-state index contributed by atoms with van der Waals surface area (Å²) < 4.78 is 11.5. The minimum atomic E-state index is -0.125. The molecular formula is C23H23N5O3S. The summed E-state index contributed by atoms with van der Waals surface area (Å²) in [5.41, 5.74) is 3.68. The SMILES string of the molecule is CC(=O)Nc1ccc(-c2nnc(SCc3nnc(-c4ccc(C(C)(C)C)cc4)o3)o2)cc1. The molecule has 0 spiro atoms. The lowest BCUT2D eigenvalue weighted by Gasteiger charge is -2.18. The number of nitrogens with one attached hydrogen (secondary N) is 1. The largest absolute Gasteiger partial charge is 0.420 e. The van der Waals surface area contributed by atoms with E-state index in [1.165, 1.54) is 24.2 Å². The summed E-state index contributed by atoms with van der Waals surface area (Å²) in [5, 5.41) is 19.5. The topological polar surface area (TPSA) is 107 Å². The van der Waals surface area contributed by atoms with E-state index in [9.17, 15) is 4.79 Å². The average Bonchev–Trinajstić information content (AvgIpc) is 3.42. The summed E-state index contributed by atoms with van der Waals surface area (Å²) in [7, 11) is 0. The number of thioether (sulfide) groups is 1. The second kappa shape index (κ2) is 8.96. The molecule has 2 aromatic heterocycles. The van der Waals surface area contributed by atoms with Gasteiger partial charge in [0.15, 0.2) is 0 Å². The number of carbonyl (C=O) groups is 1. The van der Waals surface area contributed by atoms with Gasteiger partial charge in [0, 0.05) is 23.7 Å². The van der Waals surface area contributed by atoms with Gasteiger partial charge in [0.1, 0.15) is 0 Å². The molecule has 0 unspecified atom stereocenters. The fourth-order valence-electron chi connectivity index (χ4n) is 2.95. The molecule has 0 fully saturated rings. The summed E-state index contributed by atoms with van der Waals surface area (Å²) >= 11 is 1.32. The van der Waals surface area contributed by atoms with Crippen molar-refractivity contribution in [1.29, 1.82) is 0 Å². The molecular weight excluding hydrogens is 426 g/mol. The highest BCUT2D eigenvalue weighted by Gasteiger charge is 2.16. The summed E-state index contributed by atoms with van der Waals surface area (Å²) in [6.45, 7) is 7.99. The maximum Gasteiger partial charge on any atom is 0.277 e. The van der Waals surface area contributed by atoms with Gasteiger partial charge in [0.05, 0.1) is 5.75 Å². The zero-order chi connectivity index (χ0) is 22.7. The van der Waals surface area contributed by atoms with Crippen LogP contribution < -0.4 is 5.32 Å². The molecule has 1 amide bonds. The highest BCUT2D eigenvalue weighted by molar-refractivity contribution is 7.98. The molecule has 1 N–H and O–H groups in total. The van der Waals surface area contributed by atoms with Gasteiger partial charge in [-0.1, -0.05) is 44.7 Å². The van der Waals surface area contributed by atoms with Crippen molar-refractivity contribution in [2.24, 2.45) is 0 Å². The molecule has 0 saturated heterocycles. The van der Waals surface area contributed by atoms with E-state index < -0.39 is 0 Å². The molecule has 0 radical (unpaired) electrons. The van der Waals surface area contributed by atoms with Crippen LogP contribution in [0.3, 0.4) is 0 Å². The third-order valence-corrected chi connectivity index (χ3v) is 5.45. The maximum atomic E-state index is 11.1. The van der Waals surface area contributed by atoms with Crippen molar-refractivity contribution < 1.29 is 13.6 Å². The van der Waals surface area contributed by atoms with Crippen molar-refractivity contribution in [3.8, 4) is 22.9 Å². The van der Waals surface area contributed by atoms with Crippen LogP contribution in [0.5, 0.6) is 0 Å². The number of hydrogen-bond acceptors (Lipinski definition) is 8. The van der Waals surface area contributed by atoms with Gasteiger partial charge in [0.25, 0.3) is 5.22 Å². The number of nitrogens with zero attached hydrogens (tertiary/aromatic N) is 4. The molecule has 2 heterocycles. The molecule has 4 aromatic rings. The van der Waals surface area contributed by atoms with Crippen LogP contribution in [0, 0.1) is 0 Å². The Balaban J connectivity index is 1.37. The van der Waals surface area contributed by atoms with E-state index in [4.69, 9.17) is 8.83 Å². The standard InChI is InChI=1S/C23H23N5O3S/c1-14(29)24-18-11-7-16(8-12-18)21-27-28-22(31-21)32-13-19-25-26-20(30-19)15-5-9-17(10-6-15)23(2,3)4/h5-12H,13H2,1-4H3,(H,24,29). The van der Waals surface area contributed by atoms with E-state index in [2.05, 4.69) is 58.6 Å². The van der Waals surface area contributed by atoms with E-state index in [0.717, 1.165) is 11.1 Å². The Morgan fingerprint density at radius 1 is 0.875 bits per heavy atom. The molecule has 0 aliphatic heterocycles. The van der Waals surface area contributed by atoms with Gasteiger partial charge in [0.2, 0.25) is 23.6 Å². The van der Waals surface area contributed by atoms with Gasteiger partial charge in [-0.3, -0.25) is 4.79 Å². The number of hydrogen-bond donors (Lipinski definition) is 1. The molecule has 9 heteroatoms. The van der Waals surface area contributed by atoms with E-state index in [1.54, 1.807) is 12.1 Å². The predicted octanol–water partition coefficient (Wildman–Crippen LogP) is 5.33. The van der Waals surface area contributed by atoms with Crippen molar-refractivity contribution in [2.45, 2.75) is 44.1 Å². The Bertz CT molecular complexity index is 1210. The Morgan fingerprint density at radius 2 is 1.47 bits per heavy atom. The van der Waals surface area contributed by atoms with Crippen LogP contribution >= 0.6 is 11.8 Å². The zero-order valence-electron chi connectivity index (χ0n) is 18.2. The molecule has 0 bridgehead atoms. The Kier molecular flexibility index (Phi) is 6.09. The quantitative estimate of drug-likeness (QED) is 0.393. The van der Waals surface area contributed by atoms with Crippen LogP contribution in [0.15, 0.2) is 62.6 Å². The summed E-state index contributed by atoms with van der Waals surface area (Å²) in [4.78, 5) is 11.1. The van der Waals surface area contributed by atoms with Gasteiger partial charge >= 0.3 is 0 Å². The zero-order valence-corrected chi connectivity index (χ0v) is 19.1. The van der Waals surface area contributed by atoms with E-state index >= 15 is 0 Å². The first-order chi connectivity index (χ1) is 15.3. The average molecular weight is 450 g/mol. The second-order valence-corrected chi connectivity index (χ2v) is 9.18. The maximum absolute atomic E-state index is 11.1. The van der Waals surface area contributed by atoms with Gasteiger partial charge in [-0.05, 0) is 47.4 Å². The lowest BCUT2D eigenvalue weighted by atomic mass is 9.87. The first kappa shape index (κ1) is 21.8. The molecule has 164 valence electrons. The first-order valence-electron chi connectivity index (χ1n) is 10.1. The summed E-state index contributed by atoms with van der Waals surface area (Å²) in [6.07, 6.45) is 0. The van der Waals surface area contributed by atoms with Crippen molar-refractivity contribution in [1.82, 2.24) is 20.4 Å². The number of aromatic nitrogens is 4. The van der Waals surface area contributed by atoms with E-state index in [0.29, 0.717) is 34.3 Å². The van der Waals surface area contributed by atoms with Crippen LogP contribution in [0.1, 0.15) is 39.1 Å². The van der Waals surface area contributed by atoms with Gasteiger partial charge in [-0.15, -0.1) is 20.4 Å². The van der Waals surface area contributed by atoms with Gasteiger partial charge in [-0.2, -0.15) is 0 Å². The number of amides is 1. The first-order valence-corrected chi connectivity index (χ1v) is 11.0.